The highest BCUT2D eigenvalue weighted by Gasteiger charge is 2.34. The van der Waals surface area contributed by atoms with Crippen molar-refractivity contribution in [2.24, 2.45) is 0 Å². The molecule has 1 amide bonds. The zero-order valence-corrected chi connectivity index (χ0v) is 12.7. The average Bonchev–Trinajstić information content (AvgIpc) is 2.97. The van der Waals surface area contributed by atoms with Crippen molar-refractivity contribution >= 4 is 15.9 Å². The summed E-state index contributed by atoms with van der Waals surface area (Å²) in [6, 6.07) is 2.56. The fourth-order valence-corrected chi connectivity index (χ4v) is 3.58. The van der Waals surface area contributed by atoms with E-state index < -0.39 is 22.2 Å². The molecule has 1 aromatic rings. The Kier molecular flexibility index (Phi) is 5.02. The second kappa shape index (κ2) is 6.59. The summed E-state index contributed by atoms with van der Waals surface area (Å²) in [5.74, 6) is -0.0235. The number of carbonyl (C=O) groups is 1. The van der Waals surface area contributed by atoms with Crippen LogP contribution in [0.1, 0.15) is 31.1 Å². The number of aliphatic hydroxyl groups is 1. The van der Waals surface area contributed by atoms with E-state index in [1.807, 2.05) is 0 Å². The number of piperidine rings is 1. The lowest BCUT2D eigenvalue weighted by Gasteiger charge is -2.32. The van der Waals surface area contributed by atoms with Crippen molar-refractivity contribution in [3.05, 3.63) is 24.2 Å². The lowest BCUT2D eigenvalue weighted by Crippen LogP contribution is -2.52. The van der Waals surface area contributed by atoms with Crippen molar-refractivity contribution in [1.82, 2.24) is 9.62 Å². The maximum Gasteiger partial charge on any atom is 0.238 e. The number of sulfonamides is 1. The Morgan fingerprint density at radius 2 is 2.33 bits per heavy atom. The van der Waals surface area contributed by atoms with Gasteiger partial charge in [-0.2, -0.15) is 4.31 Å². The normalized spacial score (nSPS) is 21.9. The summed E-state index contributed by atoms with van der Waals surface area (Å²) < 4.78 is 29.7. The summed E-state index contributed by atoms with van der Waals surface area (Å²) in [5, 5.41) is 12.4. The van der Waals surface area contributed by atoms with Gasteiger partial charge in [0, 0.05) is 6.54 Å². The molecule has 2 rings (SSSR count). The summed E-state index contributed by atoms with van der Waals surface area (Å²) in [7, 11) is -3.41. The van der Waals surface area contributed by atoms with Crippen molar-refractivity contribution in [1.29, 1.82) is 0 Å². The Balaban J connectivity index is 1.95. The first kappa shape index (κ1) is 16.0. The molecule has 0 aliphatic carbocycles. The second-order valence-corrected chi connectivity index (χ2v) is 7.10. The van der Waals surface area contributed by atoms with Crippen LogP contribution in [0.4, 0.5) is 0 Å². The first-order chi connectivity index (χ1) is 9.89. The Morgan fingerprint density at radius 3 is 2.95 bits per heavy atom. The molecule has 2 N–H and O–H groups in total. The lowest BCUT2D eigenvalue weighted by atomic mass is 10.0. The zero-order valence-electron chi connectivity index (χ0n) is 11.9. The van der Waals surface area contributed by atoms with E-state index in [9.17, 15) is 18.3 Å². The fourth-order valence-electron chi connectivity index (χ4n) is 2.46. The van der Waals surface area contributed by atoms with Crippen LogP contribution in [-0.2, 0) is 14.8 Å². The van der Waals surface area contributed by atoms with Crippen LogP contribution < -0.4 is 5.32 Å². The quantitative estimate of drug-likeness (QED) is 0.811. The van der Waals surface area contributed by atoms with Gasteiger partial charge in [-0.1, -0.05) is 6.42 Å². The maximum atomic E-state index is 12.2. The standard InChI is InChI=1S/C13H20N2O5S/c1-21(18,19)15-7-3-2-5-10(15)13(17)14-9-11(16)12-6-4-8-20-12/h4,6,8,10-11,16H,2-3,5,7,9H2,1H3,(H,14,17). The SMILES string of the molecule is CS(=O)(=O)N1CCCCC1C(=O)NCC(O)c1ccco1. The minimum Gasteiger partial charge on any atom is -0.467 e. The van der Waals surface area contributed by atoms with E-state index in [1.165, 1.54) is 10.6 Å². The van der Waals surface area contributed by atoms with Crippen LogP contribution in [0, 0.1) is 0 Å². The molecule has 21 heavy (non-hydrogen) atoms. The van der Waals surface area contributed by atoms with Crippen LogP contribution in [0.5, 0.6) is 0 Å². The summed E-state index contributed by atoms with van der Waals surface area (Å²) in [5.41, 5.74) is 0. The molecule has 2 heterocycles. The third-order valence-corrected chi connectivity index (χ3v) is 4.81. The first-order valence-electron chi connectivity index (χ1n) is 6.85. The van der Waals surface area contributed by atoms with Gasteiger partial charge in [0.15, 0.2) is 0 Å². The van der Waals surface area contributed by atoms with Gasteiger partial charge >= 0.3 is 0 Å². The molecule has 1 fully saturated rings. The zero-order chi connectivity index (χ0) is 15.5. The number of rotatable bonds is 5. The summed E-state index contributed by atoms with van der Waals surface area (Å²) in [4.78, 5) is 12.2. The number of nitrogens with zero attached hydrogens (tertiary/aromatic N) is 1. The minimum absolute atomic E-state index is 0.0134. The second-order valence-electron chi connectivity index (χ2n) is 5.16. The van der Waals surface area contributed by atoms with Gasteiger partial charge in [0.25, 0.3) is 0 Å². The third kappa shape index (κ3) is 4.05. The molecule has 1 saturated heterocycles. The molecule has 7 nitrogen and oxygen atoms in total. The van der Waals surface area contributed by atoms with E-state index in [4.69, 9.17) is 4.42 Å². The number of amides is 1. The van der Waals surface area contributed by atoms with E-state index in [2.05, 4.69) is 5.32 Å². The van der Waals surface area contributed by atoms with Gasteiger partial charge in [-0.05, 0) is 25.0 Å². The molecular formula is C13H20N2O5S. The molecule has 0 saturated carbocycles. The monoisotopic (exact) mass is 316 g/mol. The van der Waals surface area contributed by atoms with E-state index in [0.29, 0.717) is 18.7 Å². The van der Waals surface area contributed by atoms with Gasteiger partial charge in [0.05, 0.1) is 19.1 Å². The average molecular weight is 316 g/mol. The first-order valence-corrected chi connectivity index (χ1v) is 8.70. The molecular weight excluding hydrogens is 296 g/mol. The van der Waals surface area contributed by atoms with E-state index in [1.54, 1.807) is 12.1 Å². The number of hydrogen-bond acceptors (Lipinski definition) is 5. The van der Waals surface area contributed by atoms with E-state index in [0.717, 1.165) is 19.1 Å². The number of carbonyl (C=O) groups excluding carboxylic acids is 1. The molecule has 1 aliphatic heterocycles. The summed E-state index contributed by atoms with van der Waals surface area (Å²) in [6.07, 6.45) is 3.66. The molecule has 1 aromatic heterocycles. The molecule has 0 aromatic carbocycles. The van der Waals surface area contributed by atoms with Crippen molar-refractivity contribution in [2.75, 3.05) is 19.3 Å². The van der Waals surface area contributed by atoms with Crippen LogP contribution in [0.15, 0.2) is 22.8 Å². The predicted octanol–water partition coefficient (Wildman–Crippen LogP) is 0.243. The topological polar surface area (TPSA) is 99.9 Å². The fraction of sp³-hybridized carbons (Fsp3) is 0.615. The predicted molar refractivity (Wildman–Crippen MR) is 75.9 cm³/mol. The van der Waals surface area contributed by atoms with Gasteiger partial charge in [-0.3, -0.25) is 4.79 Å². The largest absolute Gasteiger partial charge is 0.467 e. The highest BCUT2D eigenvalue weighted by molar-refractivity contribution is 7.88. The van der Waals surface area contributed by atoms with Gasteiger partial charge in [-0.25, -0.2) is 8.42 Å². The summed E-state index contributed by atoms with van der Waals surface area (Å²) in [6.45, 7) is 0.345. The van der Waals surface area contributed by atoms with Crippen molar-refractivity contribution in [2.45, 2.75) is 31.4 Å². The van der Waals surface area contributed by atoms with Gasteiger partial charge in [0.1, 0.15) is 17.9 Å². The van der Waals surface area contributed by atoms with Crippen LogP contribution in [0.25, 0.3) is 0 Å². The van der Waals surface area contributed by atoms with Gasteiger partial charge < -0.3 is 14.8 Å². The lowest BCUT2D eigenvalue weighted by molar-refractivity contribution is -0.126. The van der Waals surface area contributed by atoms with Gasteiger partial charge in [0.2, 0.25) is 15.9 Å². The summed E-state index contributed by atoms with van der Waals surface area (Å²) >= 11 is 0. The molecule has 2 unspecified atom stereocenters. The van der Waals surface area contributed by atoms with Crippen LogP contribution >= 0.6 is 0 Å². The minimum atomic E-state index is -3.41. The Morgan fingerprint density at radius 1 is 1.57 bits per heavy atom. The molecule has 118 valence electrons. The Hall–Kier alpha value is -1.38. The van der Waals surface area contributed by atoms with E-state index >= 15 is 0 Å². The molecule has 2 atom stereocenters. The van der Waals surface area contributed by atoms with Crippen LogP contribution in [-0.4, -0.2) is 49.1 Å². The van der Waals surface area contributed by atoms with Crippen molar-refractivity contribution < 1.29 is 22.7 Å². The van der Waals surface area contributed by atoms with Crippen LogP contribution in [0.3, 0.4) is 0 Å². The Labute approximate surface area is 124 Å². The smallest absolute Gasteiger partial charge is 0.238 e. The van der Waals surface area contributed by atoms with Crippen LogP contribution in [0.2, 0.25) is 0 Å². The van der Waals surface area contributed by atoms with Crippen molar-refractivity contribution in [3.8, 4) is 0 Å². The number of hydrogen-bond donors (Lipinski definition) is 2. The number of furan rings is 1. The van der Waals surface area contributed by atoms with Crippen molar-refractivity contribution in [3.63, 3.8) is 0 Å². The highest BCUT2D eigenvalue weighted by Crippen LogP contribution is 2.20. The number of nitrogens with one attached hydrogen (secondary N) is 1. The third-order valence-electron chi connectivity index (χ3n) is 3.52. The number of aliphatic hydroxyl groups excluding tert-OH is 1. The molecule has 1 aliphatic rings. The van der Waals surface area contributed by atoms with E-state index in [-0.39, 0.29) is 12.5 Å². The molecule has 0 bridgehead atoms. The molecule has 0 radical (unpaired) electrons. The molecule has 8 heteroatoms. The maximum absolute atomic E-state index is 12.2. The Bertz CT molecular complexity index is 569. The van der Waals surface area contributed by atoms with Gasteiger partial charge in [-0.15, -0.1) is 0 Å². The highest BCUT2D eigenvalue weighted by atomic mass is 32.2. The molecule has 0 spiro atoms.